The summed E-state index contributed by atoms with van der Waals surface area (Å²) in [6.07, 6.45) is 1.73. The lowest BCUT2D eigenvalue weighted by molar-refractivity contribution is -0.143. The van der Waals surface area contributed by atoms with Crippen molar-refractivity contribution in [3.05, 3.63) is 0 Å². The van der Waals surface area contributed by atoms with E-state index >= 15 is 0 Å². The Morgan fingerprint density at radius 1 is 1.36 bits per heavy atom. The third-order valence-corrected chi connectivity index (χ3v) is 2.77. The SMILES string of the molecule is CC(C)[C@@H](NC(=O)C1(C)CC1)C(=O)O. The van der Waals surface area contributed by atoms with Gasteiger partial charge < -0.3 is 10.4 Å². The highest BCUT2D eigenvalue weighted by Gasteiger charge is 2.46. The maximum Gasteiger partial charge on any atom is 0.326 e. The van der Waals surface area contributed by atoms with Gasteiger partial charge in [0.1, 0.15) is 6.04 Å². The Labute approximate surface area is 83.7 Å². The number of carboxylic acid groups (broad SMARTS) is 1. The molecule has 1 aliphatic carbocycles. The van der Waals surface area contributed by atoms with Crippen molar-refractivity contribution >= 4 is 11.9 Å². The Kier molecular flexibility index (Phi) is 2.83. The molecule has 80 valence electrons. The predicted molar refractivity (Wildman–Crippen MR) is 51.7 cm³/mol. The standard InChI is InChI=1S/C10H17NO3/c1-6(2)7(8(12)13)11-9(14)10(3)4-5-10/h6-7H,4-5H2,1-3H3,(H,11,14)(H,12,13)/t7-/m1/s1. The molecule has 2 N–H and O–H groups in total. The summed E-state index contributed by atoms with van der Waals surface area (Å²) in [6, 6.07) is -0.764. The molecule has 4 heteroatoms. The molecule has 1 saturated carbocycles. The molecule has 0 unspecified atom stereocenters. The lowest BCUT2D eigenvalue weighted by atomic mass is 10.0. The number of hydrogen-bond acceptors (Lipinski definition) is 2. The van der Waals surface area contributed by atoms with E-state index < -0.39 is 12.0 Å². The zero-order valence-electron chi connectivity index (χ0n) is 8.83. The van der Waals surface area contributed by atoms with Crippen LogP contribution in [0.15, 0.2) is 0 Å². The summed E-state index contributed by atoms with van der Waals surface area (Å²) in [5, 5.41) is 11.4. The van der Waals surface area contributed by atoms with Crippen LogP contribution in [0.3, 0.4) is 0 Å². The summed E-state index contributed by atoms with van der Waals surface area (Å²) < 4.78 is 0. The van der Waals surface area contributed by atoms with Gasteiger partial charge in [0, 0.05) is 5.41 Å². The maximum atomic E-state index is 11.6. The number of rotatable bonds is 4. The third kappa shape index (κ3) is 2.25. The van der Waals surface area contributed by atoms with Crippen LogP contribution in [0.2, 0.25) is 0 Å². The second kappa shape index (κ2) is 3.59. The quantitative estimate of drug-likeness (QED) is 0.710. The first-order valence-corrected chi connectivity index (χ1v) is 4.90. The first kappa shape index (κ1) is 11.0. The second-order valence-electron chi connectivity index (χ2n) is 4.59. The Morgan fingerprint density at radius 3 is 2.14 bits per heavy atom. The largest absolute Gasteiger partial charge is 0.480 e. The molecule has 0 aromatic rings. The number of carbonyl (C=O) groups is 2. The summed E-state index contributed by atoms with van der Waals surface area (Å²) in [7, 11) is 0. The molecular formula is C10H17NO3. The Bertz CT molecular complexity index is 256. The zero-order chi connectivity index (χ0) is 10.9. The van der Waals surface area contributed by atoms with E-state index in [4.69, 9.17) is 5.11 Å². The van der Waals surface area contributed by atoms with Crippen molar-refractivity contribution in [1.29, 1.82) is 0 Å². The zero-order valence-corrected chi connectivity index (χ0v) is 8.83. The van der Waals surface area contributed by atoms with Crippen molar-refractivity contribution in [2.45, 2.75) is 39.7 Å². The van der Waals surface area contributed by atoms with Crippen LogP contribution in [0, 0.1) is 11.3 Å². The van der Waals surface area contributed by atoms with E-state index in [0.717, 1.165) is 12.8 Å². The molecule has 4 nitrogen and oxygen atoms in total. The summed E-state index contributed by atoms with van der Waals surface area (Å²) in [6.45, 7) is 5.43. The lowest BCUT2D eigenvalue weighted by Crippen LogP contribution is -2.46. The van der Waals surface area contributed by atoms with Gasteiger partial charge in [0.2, 0.25) is 5.91 Å². The first-order chi connectivity index (χ1) is 6.37. The van der Waals surface area contributed by atoms with Crippen molar-refractivity contribution in [1.82, 2.24) is 5.32 Å². The smallest absolute Gasteiger partial charge is 0.326 e. The number of carbonyl (C=O) groups excluding carboxylic acids is 1. The molecule has 1 aliphatic rings. The van der Waals surface area contributed by atoms with Gasteiger partial charge in [-0.1, -0.05) is 20.8 Å². The van der Waals surface area contributed by atoms with Gasteiger partial charge in [-0.3, -0.25) is 4.79 Å². The van der Waals surface area contributed by atoms with Gasteiger partial charge in [-0.25, -0.2) is 4.79 Å². The second-order valence-corrected chi connectivity index (χ2v) is 4.59. The topological polar surface area (TPSA) is 66.4 Å². The van der Waals surface area contributed by atoms with Crippen LogP contribution in [0.5, 0.6) is 0 Å². The van der Waals surface area contributed by atoms with Crippen LogP contribution < -0.4 is 5.32 Å². The van der Waals surface area contributed by atoms with E-state index in [-0.39, 0.29) is 17.2 Å². The number of aliphatic carboxylic acids is 1. The molecule has 0 radical (unpaired) electrons. The molecule has 1 atom stereocenters. The summed E-state index contributed by atoms with van der Waals surface area (Å²) in [5.74, 6) is -1.17. The highest BCUT2D eigenvalue weighted by molar-refractivity contribution is 5.89. The van der Waals surface area contributed by atoms with E-state index in [1.165, 1.54) is 0 Å². The van der Waals surface area contributed by atoms with Crippen LogP contribution in [-0.2, 0) is 9.59 Å². The van der Waals surface area contributed by atoms with Gasteiger partial charge in [-0.05, 0) is 18.8 Å². The van der Waals surface area contributed by atoms with Crippen LogP contribution in [0.25, 0.3) is 0 Å². The van der Waals surface area contributed by atoms with Crippen molar-refractivity contribution in [2.24, 2.45) is 11.3 Å². The fraction of sp³-hybridized carbons (Fsp3) is 0.800. The normalized spacial score (nSPS) is 20.3. The molecule has 1 amide bonds. The summed E-state index contributed by atoms with van der Waals surface area (Å²) in [4.78, 5) is 22.4. The summed E-state index contributed by atoms with van der Waals surface area (Å²) >= 11 is 0. The fourth-order valence-electron chi connectivity index (χ4n) is 1.24. The maximum absolute atomic E-state index is 11.6. The van der Waals surface area contributed by atoms with E-state index in [0.29, 0.717) is 0 Å². The Morgan fingerprint density at radius 2 is 1.86 bits per heavy atom. The highest BCUT2D eigenvalue weighted by Crippen LogP contribution is 2.45. The van der Waals surface area contributed by atoms with Gasteiger partial charge in [0.05, 0.1) is 0 Å². The fourth-order valence-corrected chi connectivity index (χ4v) is 1.24. The van der Waals surface area contributed by atoms with Gasteiger partial charge >= 0.3 is 5.97 Å². The van der Waals surface area contributed by atoms with Crippen LogP contribution >= 0.6 is 0 Å². The number of amides is 1. The van der Waals surface area contributed by atoms with Crippen LogP contribution in [-0.4, -0.2) is 23.0 Å². The molecule has 1 fully saturated rings. The van der Waals surface area contributed by atoms with Gasteiger partial charge in [-0.2, -0.15) is 0 Å². The Hall–Kier alpha value is -1.06. The molecule has 0 saturated heterocycles. The van der Waals surface area contributed by atoms with Crippen molar-refractivity contribution in [3.63, 3.8) is 0 Å². The highest BCUT2D eigenvalue weighted by atomic mass is 16.4. The molecule has 0 aromatic heterocycles. The minimum atomic E-state index is -0.961. The first-order valence-electron chi connectivity index (χ1n) is 4.90. The van der Waals surface area contributed by atoms with E-state index in [1.54, 1.807) is 13.8 Å². The Balaban J connectivity index is 2.56. The number of nitrogens with one attached hydrogen (secondary N) is 1. The van der Waals surface area contributed by atoms with Crippen molar-refractivity contribution in [2.75, 3.05) is 0 Å². The van der Waals surface area contributed by atoms with Crippen LogP contribution in [0.1, 0.15) is 33.6 Å². The van der Waals surface area contributed by atoms with Gasteiger partial charge in [0.25, 0.3) is 0 Å². The average molecular weight is 199 g/mol. The average Bonchev–Trinajstić information content (AvgIpc) is 2.79. The van der Waals surface area contributed by atoms with E-state index in [2.05, 4.69) is 5.32 Å². The molecule has 1 rings (SSSR count). The van der Waals surface area contributed by atoms with Crippen LogP contribution in [0.4, 0.5) is 0 Å². The molecular weight excluding hydrogens is 182 g/mol. The van der Waals surface area contributed by atoms with Gasteiger partial charge in [-0.15, -0.1) is 0 Å². The van der Waals surface area contributed by atoms with Gasteiger partial charge in [0.15, 0.2) is 0 Å². The minimum absolute atomic E-state index is 0.0844. The van der Waals surface area contributed by atoms with E-state index in [9.17, 15) is 9.59 Å². The monoisotopic (exact) mass is 199 g/mol. The van der Waals surface area contributed by atoms with Crippen molar-refractivity contribution in [3.8, 4) is 0 Å². The molecule has 0 heterocycles. The minimum Gasteiger partial charge on any atom is -0.480 e. The molecule has 0 bridgehead atoms. The predicted octanol–water partition coefficient (Wildman–Crippen LogP) is 1.01. The molecule has 0 spiro atoms. The van der Waals surface area contributed by atoms with Crippen molar-refractivity contribution < 1.29 is 14.7 Å². The lowest BCUT2D eigenvalue weighted by Gasteiger charge is -2.20. The molecule has 0 aromatic carbocycles. The number of carboxylic acids is 1. The molecule has 14 heavy (non-hydrogen) atoms. The summed E-state index contributed by atoms with van der Waals surface area (Å²) in [5.41, 5.74) is -0.303. The number of hydrogen-bond donors (Lipinski definition) is 2. The molecule has 0 aliphatic heterocycles. The van der Waals surface area contributed by atoms with E-state index in [1.807, 2.05) is 6.92 Å². The third-order valence-electron chi connectivity index (χ3n) is 2.77.